The summed E-state index contributed by atoms with van der Waals surface area (Å²) in [5.41, 5.74) is 0.376. The first kappa shape index (κ1) is 34.6. The van der Waals surface area contributed by atoms with E-state index in [0.717, 1.165) is 44.1 Å². The number of unbranched alkanes of at least 4 members (excludes halogenated alkanes) is 1. The summed E-state index contributed by atoms with van der Waals surface area (Å²) >= 11 is 0. The molecule has 3 N–H and O–H groups in total. The number of nitrogens with one attached hydrogen (secondary N) is 1. The van der Waals surface area contributed by atoms with Crippen molar-refractivity contribution in [1.82, 2.24) is 15.1 Å². The number of halogens is 1. The maximum Gasteiger partial charge on any atom is 0.335 e. The zero-order valence-corrected chi connectivity index (χ0v) is 26.9. The predicted octanol–water partition coefficient (Wildman–Crippen LogP) is 4.97. The van der Waals surface area contributed by atoms with Gasteiger partial charge in [-0.15, -0.1) is 12.4 Å². The summed E-state index contributed by atoms with van der Waals surface area (Å²) in [6.07, 6.45) is 8.60. The van der Waals surface area contributed by atoms with Gasteiger partial charge in [0.1, 0.15) is 11.6 Å². The van der Waals surface area contributed by atoms with Crippen LogP contribution in [0.1, 0.15) is 109 Å². The third-order valence-corrected chi connectivity index (χ3v) is 9.86. The normalized spacial score (nSPS) is 21.5. The molecule has 0 radical (unpaired) electrons. The second-order valence-electron chi connectivity index (χ2n) is 12.9. The minimum atomic E-state index is -1.03. The Morgan fingerprint density at radius 2 is 1.42 bits per heavy atom. The molecule has 9 nitrogen and oxygen atoms in total. The first-order valence-corrected chi connectivity index (χ1v) is 16.2. The molecule has 45 heavy (non-hydrogen) atoms. The summed E-state index contributed by atoms with van der Waals surface area (Å²) in [6.45, 7) is 4.62. The monoisotopic (exact) mass is 639 g/mol. The number of hydrogen-bond donors (Lipinski definition) is 3. The van der Waals surface area contributed by atoms with E-state index in [1.807, 2.05) is 17.0 Å². The fourth-order valence-electron chi connectivity index (χ4n) is 7.15. The lowest BCUT2D eigenvalue weighted by Crippen LogP contribution is -2.73. The Balaban J connectivity index is 0.00000461. The van der Waals surface area contributed by atoms with Gasteiger partial charge in [0, 0.05) is 43.7 Å². The third kappa shape index (κ3) is 7.76. The third-order valence-electron chi connectivity index (χ3n) is 9.86. The van der Waals surface area contributed by atoms with Crippen LogP contribution in [0.5, 0.6) is 0 Å². The number of amides is 2. The van der Waals surface area contributed by atoms with Gasteiger partial charge in [-0.3, -0.25) is 19.3 Å². The van der Waals surface area contributed by atoms with Crippen molar-refractivity contribution in [3.63, 3.8) is 0 Å². The summed E-state index contributed by atoms with van der Waals surface area (Å²) in [6, 6.07) is 12.7. The van der Waals surface area contributed by atoms with Crippen LogP contribution in [0.2, 0.25) is 0 Å². The number of nitrogens with zero attached hydrogens (tertiary/aromatic N) is 2. The number of hydrogen-bond acceptors (Lipinski definition) is 6. The molecule has 1 atom stereocenters. The van der Waals surface area contributed by atoms with E-state index in [9.17, 15) is 24.3 Å². The summed E-state index contributed by atoms with van der Waals surface area (Å²) < 4.78 is 0. The van der Waals surface area contributed by atoms with Crippen molar-refractivity contribution < 1.29 is 29.4 Å². The lowest BCUT2D eigenvalue weighted by Gasteiger charge is -2.52. The minimum Gasteiger partial charge on any atom is -0.478 e. The second kappa shape index (κ2) is 14.9. The second-order valence-corrected chi connectivity index (χ2v) is 12.9. The zero-order valence-electron chi connectivity index (χ0n) is 26.1. The van der Waals surface area contributed by atoms with Crippen LogP contribution >= 0.6 is 12.4 Å². The van der Waals surface area contributed by atoms with Crippen molar-refractivity contribution >= 4 is 36.0 Å². The largest absolute Gasteiger partial charge is 0.478 e. The smallest absolute Gasteiger partial charge is 0.335 e. The summed E-state index contributed by atoms with van der Waals surface area (Å²) in [5, 5.41) is 23.5. The van der Waals surface area contributed by atoms with E-state index >= 15 is 0 Å². The number of carbonyl (C=O) groups excluding carboxylic acids is 3. The molecular weight excluding hydrogens is 594 g/mol. The van der Waals surface area contributed by atoms with Crippen LogP contribution in [0.15, 0.2) is 48.5 Å². The van der Waals surface area contributed by atoms with Gasteiger partial charge in [-0.05, 0) is 49.8 Å². The van der Waals surface area contributed by atoms with E-state index < -0.39 is 23.2 Å². The number of rotatable bonds is 10. The molecule has 3 aliphatic rings. The molecule has 2 aromatic rings. The summed E-state index contributed by atoms with van der Waals surface area (Å²) in [7, 11) is 0. The lowest BCUT2D eigenvalue weighted by molar-refractivity contribution is -0.163. The van der Waals surface area contributed by atoms with Gasteiger partial charge in [0.2, 0.25) is 11.8 Å². The number of benzene rings is 2. The van der Waals surface area contributed by atoms with E-state index in [-0.39, 0.29) is 42.0 Å². The molecule has 0 bridgehead atoms. The molecule has 3 fully saturated rings. The highest BCUT2D eigenvalue weighted by atomic mass is 35.5. The average molecular weight is 640 g/mol. The van der Waals surface area contributed by atoms with Gasteiger partial charge in [0.15, 0.2) is 5.78 Å². The standard InChI is InChI=1S/C35H45N3O6.ClH/c1-2-3-20-38-31(40)29(23-34(44)16-6-4-5-7-17-34)36-33(43)35(38)18-21-37(22-19-35)24-25-8-10-26(11-9-25)30(39)27-12-14-28(15-13-27)32(41)42;/h8-15,29,44H,2-7,16-24H2,1H3,(H,36,43)(H,41,42);1H/t29-;/m1./s1. The van der Waals surface area contributed by atoms with Crippen LogP contribution < -0.4 is 5.32 Å². The van der Waals surface area contributed by atoms with E-state index in [0.29, 0.717) is 63.0 Å². The number of carbonyl (C=O) groups is 4. The van der Waals surface area contributed by atoms with Crippen LogP contribution in [0.4, 0.5) is 0 Å². The van der Waals surface area contributed by atoms with Crippen molar-refractivity contribution in [3.05, 3.63) is 70.8 Å². The molecule has 10 heteroatoms. The number of carboxylic acid groups (broad SMARTS) is 1. The Kier molecular flexibility index (Phi) is 11.4. The van der Waals surface area contributed by atoms with Crippen LogP contribution in [0.3, 0.4) is 0 Å². The Morgan fingerprint density at radius 3 is 1.98 bits per heavy atom. The maximum atomic E-state index is 13.9. The zero-order chi connectivity index (χ0) is 31.3. The molecule has 2 amide bonds. The number of likely N-dealkylation sites (tertiary alicyclic amines) is 1. The van der Waals surface area contributed by atoms with Crippen LogP contribution in [0.25, 0.3) is 0 Å². The number of piperidine rings is 1. The fourth-order valence-corrected chi connectivity index (χ4v) is 7.15. The van der Waals surface area contributed by atoms with Gasteiger partial charge in [-0.25, -0.2) is 4.79 Å². The van der Waals surface area contributed by atoms with Crippen molar-refractivity contribution in [2.24, 2.45) is 0 Å². The molecule has 2 aromatic carbocycles. The van der Waals surface area contributed by atoms with Crippen molar-refractivity contribution in [1.29, 1.82) is 0 Å². The van der Waals surface area contributed by atoms with E-state index in [4.69, 9.17) is 5.11 Å². The highest BCUT2D eigenvalue weighted by molar-refractivity contribution is 6.09. The Bertz CT molecular complexity index is 1350. The summed E-state index contributed by atoms with van der Waals surface area (Å²) in [5.74, 6) is -1.34. The number of piperazine rings is 1. The maximum absolute atomic E-state index is 13.9. The Labute approximate surface area is 271 Å². The average Bonchev–Trinajstić information content (AvgIpc) is 3.25. The molecule has 2 aliphatic heterocycles. The van der Waals surface area contributed by atoms with Crippen LogP contribution in [-0.4, -0.2) is 80.4 Å². The van der Waals surface area contributed by atoms with Gasteiger partial charge in [0.05, 0.1) is 11.2 Å². The van der Waals surface area contributed by atoms with Gasteiger partial charge < -0.3 is 20.4 Å². The molecule has 1 saturated carbocycles. The number of carboxylic acids is 1. The van der Waals surface area contributed by atoms with Crippen LogP contribution in [-0.2, 0) is 16.1 Å². The fraction of sp³-hybridized carbons (Fsp3) is 0.543. The van der Waals surface area contributed by atoms with Gasteiger partial charge >= 0.3 is 5.97 Å². The van der Waals surface area contributed by atoms with Gasteiger partial charge in [-0.1, -0.05) is 75.4 Å². The quantitative estimate of drug-likeness (QED) is 0.247. The van der Waals surface area contributed by atoms with Crippen molar-refractivity contribution in [2.75, 3.05) is 19.6 Å². The Hall–Kier alpha value is -3.27. The van der Waals surface area contributed by atoms with Gasteiger partial charge in [0.25, 0.3) is 0 Å². The molecule has 2 heterocycles. The lowest BCUT2D eigenvalue weighted by atomic mass is 9.79. The highest BCUT2D eigenvalue weighted by Crippen LogP contribution is 2.37. The number of ketones is 1. The number of aromatic carboxylic acids is 1. The topological polar surface area (TPSA) is 127 Å². The molecule has 2 saturated heterocycles. The van der Waals surface area contributed by atoms with E-state index in [1.165, 1.54) is 24.3 Å². The van der Waals surface area contributed by atoms with Crippen molar-refractivity contribution in [2.45, 2.75) is 101 Å². The molecular formula is C35H46ClN3O6. The molecule has 1 spiro atoms. The predicted molar refractivity (Wildman–Crippen MR) is 174 cm³/mol. The summed E-state index contributed by atoms with van der Waals surface area (Å²) in [4.78, 5) is 55.8. The van der Waals surface area contributed by atoms with Gasteiger partial charge in [-0.2, -0.15) is 0 Å². The molecule has 5 rings (SSSR count). The SMILES string of the molecule is CCCCN1C(=O)[C@@H](CC2(O)CCCCCC2)NC(=O)C12CCN(Cc1ccc(C(=O)c3ccc(C(=O)O)cc3)cc1)CC2.Cl. The molecule has 0 unspecified atom stereocenters. The van der Waals surface area contributed by atoms with Crippen molar-refractivity contribution in [3.8, 4) is 0 Å². The highest BCUT2D eigenvalue weighted by Gasteiger charge is 2.54. The molecule has 1 aliphatic carbocycles. The van der Waals surface area contributed by atoms with E-state index in [2.05, 4.69) is 17.1 Å². The molecule has 0 aromatic heterocycles. The molecule has 244 valence electrons. The first-order valence-electron chi connectivity index (χ1n) is 16.2. The first-order chi connectivity index (χ1) is 21.1. The number of aliphatic hydroxyl groups is 1. The van der Waals surface area contributed by atoms with E-state index in [1.54, 1.807) is 12.1 Å². The van der Waals surface area contributed by atoms with Crippen LogP contribution in [0, 0.1) is 0 Å². The Morgan fingerprint density at radius 1 is 0.867 bits per heavy atom. The minimum absolute atomic E-state index is 0.